The Labute approximate surface area is 102 Å². The van der Waals surface area contributed by atoms with E-state index in [2.05, 4.69) is 16.1 Å². The monoisotopic (exact) mass is 237 g/mol. The first-order valence-electron chi connectivity index (χ1n) is 5.61. The van der Waals surface area contributed by atoms with Crippen LogP contribution in [0, 0.1) is 6.92 Å². The van der Waals surface area contributed by atoms with Crippen LogP contribution < -0.4 is 10.1 Å². The van der Waals surface area contributed by atoms with Crippen molar-refractivity contribution in [1.29, 1.82) is 0 Å². The van der Waals surface area contributed by atoms with E-state index in [1.807, 2.05) is 26.1 Å². The van der Waals surface area contributed by atoms with Gasteiger partial charge < -0.3 is 14.8 Å². The number of ether oxygens (including phenoxy) is 2. The van der Waals surface area contributed by atoms with Gasteiger partial charge in [0.05, 0.1) is 20.1 Å². The summed E-state index contributed by atoms with van der Waals surface area (Å²) in [4.78, 5) is 11.0. The van der Waals surface area contributed by atoms with Crippen LogP contribution >= 0.6 is 0 Å². The summed E-state index contributed by atoms with van der Waals surface area (Å²) in [6, 6.07) is 6.00. The molecule has 17 heavy (non-hydrogen) atoms. The van der Waals surface area contributed by atoms with E-state index in [9.17, 15) is 4.79 Å². The molecule has 1 N–H and O–H groups in total. The van der Waals surface area contributed by atoms with Gasteiger partial charge in [-0.15, -0.1) is 0 Å². The van der Waals surface area contributed by atoms with Crippen LogP contribution in [0.3, 0.4) is 0 Å². The Balaban J connectivity index is 2.60. The van der Waals surface area contributed by atoms with Crippen LogP contribution in [0.4, 0.5) is 0 Å². The molecule has 0 bridgehead atoms. The number of rotatable bonds is 6. The first-order valence-corrected chi connectivity index (χ1v) is 5.61. The smallest absolute Gasteiger partial charge is 0.308 e. The predicted molar refractivity (Wildman–Crippen MR) is 66.1 cm³/mol. The summed E-state index contributed by atoms with van der Waals surface area (Å²) in [7, 11) is 3.27. The number of hydrogen-bond donors (Lipinski definition) is 1. The predicted octanol–water partition coefficient (Wildman–Crippen LogP) is 1.66. The largest absolute Gasteiger partial charge is 0.493 e. The minimum Gasteiger partial charge on any atom is -0.493 e. The van der Waals surface area contributed by atoms with Crippen molar-refractivity contribution in [3.63, 3.8) is 0 Å². The van der Waals surface area contributed by atoms with Gasteiger partial charge in [-0.25, -0.2) is 0 Å². The topological polar surface area (TPSA) is 47.6 Å². The van der Waals surface area contributed by atoms with Gasteiger partial charge in [0.15, 0.2) is 0 Å². The standard InChI is InChI=1S/C13H19NO3/c1-10-4-5-12(11(8-10)9-14-2)17-7-6-13(15)16-3/h4-5,8,14H,6-7,9H2,1-3H3. The molecule has 1 aromatic carbocycles. The highest BCUT2D eigenvalue weighted by Crippen LogP contribution is 2.20. The van der Waals surface area contributed by atoms with E-state index in [-0.39, 0.29) is 12.4 Å². The Morgan fingerprint density at radius 1 is 1.41 bits per heavy atom. The summed E-state index contributed by atoms with van der Waals surface area (Å²) in [5.74, 6) is 0.557. The average Bonchev–Trinajstić information content (AvgIpc) is 2.32. The highest BCUT2D eigenvalue weighted by molar-refractivity contribution is 5.69. The summed E-state index contributed by atoms with van der Waals surface area (Å²) in [6.45, 7) is 3.12. The summed E-state index contributed by atoms with van der Waals surface area (Å²) >= 11 is 0. The second kappa shape index (κ2) is 6.91. The number of carbonyl (C=O) groups is 1. The van der Waals surface area contributed by atoms with Gasteiger partial charge in [0.1, 0.15) is 5.75 Å². The molecular weight excluding hydrogens is 218 g/mol. The van der Waals surface area contributed by atoms with Gasteiger partial charge in [-0.05, 0) is 20.0 Å². The Morgan fingerprint density at radius 3 is 2.82 bits per heavy atom. The van der Waals surface area contributed by atoms with E-state index < -0.39 is 0 Å². The van der Waals surface area contributed by atoms with Gasteiger partial charge in [0.25, 0.3) is 0 Å². The van der Waals surface area contributed by atoms with Crippen LogP contribution in [0.5, 0.6) is 5.75 Å². The summed E-state index contributed by atoms with van der Waals surface area (Å²) in [5, 5.41) is 3.09. The van der Waals surface area contributed by atoms with E-state index in [1.165, 1.54) is 12.7 Å². The molecule has 0 heterocycles. The summed E-state index contributed by atoms with van der Waals surface area (Å²) in [6.07, 6.45) is 0.267. The average molecular weight is 237 g/mol. The minimum absolute atomic E-state index is 0.257. The number of hydrogen-bond acceptors (Lipinski definition) is 4. The molecule has 0 aliphatic carbocycles. The maximum Gasteiger partial charge on any atom is 0.308 e. The molecule has 4 nitrogen and oxygen atoms in total. The molecule has 0 fully saturated rings. The van der Waals surface area contributed by atoms with E-state index in [0.717, 1.165) is 17.9 Å². The van der Waals surface area contributed by atoms with Gasteiger partial charge in [0.2, 0.25) is 0 Å². The number of nitrogens with one attached hydrogen (secondary N) is 1. The number of carbonyl (C=O) groups excluding carboxylic acids is 1. The van der Waals surface area contributed by atoms with Crippen molar-refractivity contribution >= 4 is 5.97 Å². The molecule has 1 rings (SSSR count). The molecule has 0 saturated carbocycles. The van der Waals surface area contributed by atoms with Gasteiger partial charge in [-0.2, -0.15) is 0 Å². The van der Waals surface area contributed by atoms with Gasteiger partial charge in [-0.1, -0.05) is 17.7 Å². The van der Waals surface area contributed by atoms with Crippen molar-refractivity contribution in [2.45, 2.75) is 19.9 Å². The van der Waals surface area contributed by atoms with E-state index in [4.69, 9.17) is 4.74 Å². The molecular formula is C13H19NO3. The molecule has 1 aromatic rings. The van der Waals surface area contributed by atoms with E-state index >= 15 is 0 Å². The second-order valence-electron chi connectivity index (χ2n) is 3.82. The first-order chi connectivity index (χ1) is 8.17. The van der Waals surface area contributed by atoms with Crippen LogP contribution in [-0.4, -0.2) is 26.7 Å². The van der Waals surface area contributed by atoms with Gasteiger partial charge >= 0.3 is 5.97 Å². The summed E-state index contributed by atoms with van der Waals surface area (Å²) < 4.78 is 10.1. The van der Waals surface area contributed by atoms with Crippen LogP contribution in [0.15, 0.2) is 18.2 Å². The fraction of sp³-hybridized carbons (Fsp3) is 0.462. The molecule has 0 amide bonds. The van der Waals surface area contributed by atoms with Crippen LogP contribution in [-0.2, 0) is 16.1 Å². The third kappa shape index (κ3) is 4.44. The maximum atomic E-state index is 11.0. The van der Waals surface area contributed by atoms with Crippen molar-refractivity contribution < 1.29 is 14.3 Å². The lowest BCUT2D eigenvalue weighted by Crippen LogP contribution is -2.11. The first kappa shape index (κ1) is 13.5. The second-order valence-corrected chi connectivity index (χ2v) is 3.82. The maximum absolute atomic E-state index is 11.0. The van der Waals surface area contributed by atoms with Crippen molar-refractivity contribution in [3.8, 4) is 5.75 Å². The Morgan fingerprint density at radius 2 is 2.18 bits per heavy atom. The normalized spacial score (nSPS) is 10.1. The van der Waals surface area contributed by atoms with Crippen LogP contribution in [0.1, 0.15) is 17.5 Å². The quantitative estimate of drug-likeness (QED) is 0.764. The van der Waals surface area contributed by atoms with Crippen LogP contribution in [0.2, 0.25) is 0 Å². The molecule has 0 saturated heterocycles. The molecule has 0 aliphatic rings. The van der Waals surface area contributed by atoms with Gasteiger partial charge in [-0.3, -0.25) is 4.79 Å². The highest BCUT2D eigenvalue weighted by atomic mass is 16.5. The third-order valence-corrected chi connectivity index (χ3v) is 2.37. The lowest BCUT2D eigenvalue weighted by atomic mass is 10.1. The van der Waals surface area contributed by atoms with Crippen LogP contribution in [0.25, 0.3) is 0 Å². The van der Waals surface area contributed by atoms with E-state index in [1.54, 1.807) is 0 Å². The lowest BCUT2D eigenvalue weighted by molar-refractivity contribution is -0.141. The Hall–Kier alpha value is -1.55. The molecule has 4 heteroatoms. The molecule has 0 atom stereocenters. The van der Waals surface area contributed by atoms with Crippen molar-refractivity contribution in [1.82, 2.24) is 5.32 Å². The van der Waals surface area contributed by atoms with Crippen molar-refractivity contribution in [3.05, 3.63) is 29.3 Å². The molecule has 0 aliphatic heterocycles. The fourth-order valence-corrected chi connectivity index (χ4v) is 1.52. The van der Waals surface area contributed by atoms with Crippen molar-refractivity contribution in [2.24, 2.45) is 0 Å². The SMILES string of the molecule is CNCc1cc(C)ccc1OCCC(=O)OC. The molecule has 0 unspecified atom stereocenters. The van der Waals surface area contributed by atoms with Crippen molar-refractivity contribution in [2.75, 3.05) is 20.8 Å². The Kier molecular flexibility index (Phi) is 5.49. The number of methoxy groups -OCH3 is 1. The Bertz CT molecular complexity index is 377. The zero-order chi connectivity index (χ0) is 12.7. The molecule has 0 aromatic heterocycles. The molecule has 0 spiro atoms. The number of esters is 1. The highest BCUT2D eigenvalue weighted by Gasteiger charge is 2.05. The molecule has 94 valence electrons. The summed E-state index contributed by atoms with van der Waals surface area (Å²) in [5.41, 5.74) is 2.29. The molecule has 0 radical (unpaired) electrons. The zero-order valence-corrected chi connectivity index (χ0v) is 10.6. The van der Waals surface area contributed by atoms with E-state index in [0.29, 0.717) is 6.61 Å². The zero-order valence-electron chi connectivity index (χ0n) is 10.6. The minimum atomic E-state index is -0.257. The fourth-order valence-electron chi connectivity index (χ4n) is 1.52. The van der Waals surface area contributed by atoms with Gasteiger partial charge in [0, 0.05) is 12.1 Å². The third-order valence-electron chi connectivity index (χ3n) is 2.37. The number of benzene rings is 1. The number of aryl methyl sites for hydroxylation is 1. The lowest BCUT2D eigenvalue weighted by Gasteiger charge is -2.11.